The molecule has 1 heterocycles. The maximum atomic E-state index is 10.5. The van der Waals surface area contributed by atoms with Gasteiger partial charge in [-0.15, -0.1) is 0 Å². The van der Waals surface area contributed by atoms with Gasteiger partial charge in [0.15, 0.2) is 0 Å². The zero-order valence-corrected chi connectivity index (χ0v) is 10.2. The van der Waals surface area contributed by atoms with Crippen LogP contribution in [0.2, 0.25) is 0 Å². The number of furan rings is 1. The molecule has 0 saturated heterocycles. The van der Waals surface area contributed by atoms with Crippen LogP contribution in [0.5, 0.6) is 5.75 Å². The van der Waals surface area contributed by atoms with E-state index in [1.165, 1.54) is 12.1 Å². The van der Waals surface area contributed by atoms with Gasteiger partial charge in [0.25, 0.3) is 0 Å². The number of nitro groups is 1. The molecule has 0 radical (unpaired) electrons. The monoisotopic (exact) mass is 335 g/mol. The van der Waals surface area contributed by atoms with Crippen LogP contribution in [0, 0.1) is 10.1 Å². The van der Waals surface area contributed by atoms with Crippen LogP contribution in [0.25, 0.3) is 11.0 Å². The lowest BCUT2D eigenvalue weighted by molar-refractivity contribution is -0.401. The highest BCUT2D eigenvalue weighted by atomic mass is 79.9. The summed E-state index contributed by atoms with van der Waals surface area (Å²) in [7, 11) is 0. The summed E-state index contributed by atoms with van der Waals surface area (Å²) in [6.45, 7) is 0. The Bertz CT molecular complexity index is 563. The molecule has 0 spiro atoms. The van der Waals surface area contributed by atoms with Crippen LogP contribution in [-0.2, 0) is 0 Å². The van der Waals surface area contributed by atoms with Crippen LogP contribution in [0.4, 0.5) is 5.88 Å². The Balaban J connectivity index is 2.82. The number of aromatic hydroxyl groups is 1. The molecule has 2 rings (SSSR count). The first-order chi connectivity index (χ1) is 7.00. The smallest absolute Gasteiger partial charge is 0.434 e. The van der Waals surface area contributed by atoms with E-state index in [0.29, 0.717) is 19.9 Å². The third-order valence-electron chi connectivity index (χ3n) is 1.86. The third-order valence-corrected chi connectivity index (χ3v) is 3.26. The SMILES string of the molecule is O=[N+]([O-])c1cc2c(Br)c(O)c(Br)cc2o1. The Kier molecular flexibility index (Phi) is 2.43. The molecule has 0 aliphatic rings. The topological polar surface area (TPSA) is 76.5 Å². The van der Waals surface area contributed by atoms with E-state index in [1.54, 1.807) is 0 Å². The molecule has 5 nitrogen and oxygen atoms in total. The zero-order valence-electron chi connectivity index (χ0n) is 7.03. The maximum absolute atomic E-state index is 10.5. The molecule has 0 saturated carbocycles. The van der Waals surface area contributed by atoms with Crippen molar-refractivity contribution < 1.29 is 14.4 Å². The number of benzene rings is 1. The predicted octanol–water partition coefficient (Wildman–Crippen LogP) is 3.57. The number of phenols is 1. The summed E-state index contributed by atoms with van der Waals surface area (Å²) in [6.07, 6.45) is 0. The Morgan fingerprint density at radius 1 is 1.40 bits per heavy atom. The average Bonchev–Trinajstić information content (AvgIpc) is 2.58. The minimum Gasteiger partial charge on any atom is -0.506 e. The van der Waals surface area contributed by atoms with Crippen molar-refractivity contribution in [2.24, 2.45) is 0 Å². The molecule has 2 aromatic rings. The third kappa shape index (κ3) is 1.61. The molecule has 0 unspecified atom stereocenters. The molecular formula is C8H3Br2NO4. The minimum atomic E-state index is -0.628. The first-order valence-corrected chi connectivity index (χ1v) is 5.34. The molecular weight excluding hydrogens is 334 g/mol. The van der Waals surface area contributed by atoms with Crippen LogP contribution in [-0.4, -0.2) is 10.0 Å². The molecule has 0 amide bonds. The summed E-state index contributed by atoms with van der Waals surface area (Å²) >= 11 is 6.24. The quantitative estimate of drug-likeness (QED) is 0.638. The molecule has 78 valence electrons. The second kappa shape index (κ2) is 3.49. The average molecular weight is 337 g/mol. The van der Waals surface area contributed by atoms with Gasteiger partial charge in [0.2, 0.25) is 0 Å². The number of phenolic OH excluding ortho intramolecular Hbond substituents is 1. The van der Waals surface area contributed by atoms with Crippen molar-refractivity contribution in [1.29, 1.82) is 0 Å². The van der Waals surface area contributed by atoms with Crippen LogP contribution in [0.15, 0.2) is 25.5 Å². The lowest BCUT2D eigenvalue weighted by atomic mass is 10.2. The minimum absolute atomic E-state index is 0.0156. The highest BCUT2D eigenvalue weighted by Gasteiger charge is 2.18. The molecule has 15 heavy (non-hydrogen) atoms. The first kappa shape index (κ1) is 10.4. The van der Waals surface area contributed by atoms with Crippen molar-refractivity contribution in [3.8, 4) is 5.75 Å². The fourth-order valence-electron chi connectivity index (χ4n) is 1.18. The Morgan fingerprint density at radius 3 is 2.67 bits per heavy atom. The lowest BCUT2D eigenvalue weighted by Crippen LogP contribution is -1.82. The van der Waals surface area contributed by atoms with E-state index >= 15 is 0 Å². The van der Waals surface area contributed by atoms with Gasteiger partial charge in [-0.2, -0.15) is 0 Å². The summed E-state index contributed by atoms with van der Waals surface area (Å²) in [5, 5.41) is 20.5. The first-order valence-electron chi connectivity index (χ1n) is 3.75. The van der Waals surface area contributed by atoms with Gasteiger partial charge < -0.3 is 9.52 Å². The number of hydrogen-bond acceptors (Lipinski definition) is 4. The Morgan fingerprint density at radius 2 is 2.07 bits per heavy atom. The van der Waals surface area contributed by atoms with Gasteiger partial charge in [-0.25, -0.2) is 0 Å². The van der Waals surface area contributed by atoms with Crippen molar-refractivity contribution in [2.75, 3.05) is 0 Å². The Hall–Kier alpha value is -1.08. The highest BCUT2D eigenvalue weighted by Crippen LogP contribution is 2.41. The number of fused-ring (bicyclic) bond motifs is 1. The van der Waals surface area contributed by atoms with E-state index in [9.17, 15) is 15.2 Å². The summed E-state index contributed by atoms with van der Waals surface area (Å²) in [5.74, 6) is -0.374. The van der Waals surface area contributed by atoms with E-state index in [-0.39, 0.29) is 11.6 Å². The zero-order chi connectivity index (χ0) is 11.2. The molecule has 1 aromatic carbocycles. The van der Waals surface area contributed by atoms with Gasteiger partial charge in [-0.05, 0) is 37.9 Å². The fourth-order valence-corrected chi connectivity index (χ4v) is 2.37. The van der Waals surface area contributed by atoms with Gasteiger partial charge in [-0.1, -0.05) is 0 Å². The van der Waals surface area contributed by atoms with E-state index in [0.717, 1.165) is 0 Å². The molecule has 0 fully saturated rings. The summed E-state index contributed by atoms with van der Waals surface area (Å²) in [6, 6.07) is 2.73. The molecule has 0 aliphatic heterocycles. The molecule has 0 aliphatic carbocycles. The second-order valence-electron chi connectivity index (χ2n) is 2.77. The van der Waals surface area contributed by atoms with Crippen molar-refractivity contribution in [3.05, 3.63) is 31.2 Å². The van der Waals surface area contributed by atoms with Crippen LogP contribution in [0.3, 0.4) is 0 Å². The maximum Gasteiger partial charge on any atom is 0.434 e. The van der Waals surface area contributed by atoms with E-state index < -0.39 is 4.92 Å². The number of nitrogens with zero attached hydrogens (tertiary/aromatic N) is 1. The van der Waals surface area contributed by atoms with Crippen molar-refractivity contribution >= 4 is 48.7 Å². The summed E-state index contributed by atoms with van der Waals surface area (Å²) in [4.78, 5) is 9.85. The predicted molar refractivity (Wildman–Crippen MR) is 59.9 cm³/mol. The van der Waals surface area contributed by atoms with Crippen molar-refractivity contribution in [3.63, 3.8) is 0 Å². The summed E-state index contributed by atoms with van der Waals surface area (Å²) < 4.78 is 5.75. The molecule has 1 aromatic heterocycles. The molecule has 0 bridgehead atoms. The number of rotatable bonds is 1. The van der Waals surface area contributed by atoms with Crippen LogP contribution >= 0.6 is 31.9 Å². The normalized spacial score (nSPS) is 10.8. The highest BCUT2D eigenvalue weighted by molar-refractivity contribution is 9.11. The fraction of sp³-hybridized carbons (Fsp3) is 0. The van der Waals surface area contributed by atoms with E-state index in [2.05, 4.69) is 31.9 Å². The van der Waals surface area contributed by atoms with Gasteiger partial charge in [0.05, 0.1) is 15.0 Å². The molecule has 7 heteroatoms. The van der Waals surface area contributed by atoms with E-state index in [1.807, 2.05) is 0 Å². The van der Waals surface area contributed by atoms with Crippen LogP contribution < -0.4 is 0 Å². The van der Waals surface area contributed by atoms with Crippen LogP contribution in [0.1, 0.15) is 0 Å². The number of hydrogen-bond donors (Lipinski definition) is 1. The van der Waals surface area contributed by atoms with Gasteiger partial charge in [-0.3, -0.25) is 10.1 Å². The standard InChI is InChI=1S/C8H3Br2NO4/c9-4-2-5-3(7(10)8(4)12)1-6(15-5)11(13)14/h1-2,12H. The largest absolute Gasteiger partial charge is 0.506 e. The Labute approximate surface area is 100 Å². The van der Waals surface area contributed by atoms with Gasteiger partial charge in [0, 0.05) is 5.39 Å². The van der Waals surface area contributed by atoms with Crippen molar-refractivity contribution in [2.45, 2.75) is 0 Å². The number of halogens is 2. The molecule has 0 atom stereocenters. The van der Waals surface area contributed by atoms with Crippen molar-refractivity contribution in [1.82, 2.24) is 0 Å². The van der Waals surface area contributed by atoms with Gasteiger partial charge in [0.1, 0.15) is 16.3 Å². The van der Waals surface area contributed by atoms with Gasteiger partial charge >= 0.3 is 5.88 Å². The lowest BCUT2D eigenvalue weighted by Gasteiger charge is -1.99. The summed E-state index contributed by atoms with van der Waals surface area (Å²) in [5.41, 5.74) is 0.332. The second-order valence-corrected chi connectivity index (χ2v) is 4.42. The van der Waals surface area contributed by atoms with E-state index in [4.69, 9.17) is 4.42 Å². The molecule has 1 N–H and O–H groups in total.